The van der Waals surface area contributed by atoms with Crippen LogP contribution in [0.15, 0.2) is 17.6 Å². The summed E-state index contributed by atoms with van der Waals surface area (Å²) in [7, 11) is 0. The molecule has 0 radical (unpaired) electrons. The van der Waals surface area contributed by atoms with Gasteiger partial charge in [-0.3, -0.25) is 0 Å². The number of aryl methyl sites for hydroxylation is 1. The van der Waals surface area contributed by atoms with E-state index in [0.717, 1.165) is 29.4 Å². The smallest absolute Gasteiger partial charge is 0.0931 e. The van der Waals surface area contributed by atoms with Crippen LogP contribution < -0.4 is 5.32 Å². The highest BCUT2D eigenvalue weighted by Gasteiger charge is 2.16. The number of nitrogens with zero attached hydrogens (tertiary/aromatic N) is 1. The summed E-state index contributed by atoms with van der Waals surface area (Å²) >= 11 is 9.39. The third kappa shape index (κ3) is 3.54. The van der Waals surface area contributed by atoms with Crippen LogP contribution >= 0.6 is 34.3 Å². The zero-order valence-corrected chi connectivity index (χ0v) is 13.0. The summed E-state index contributed by atoms with van der Waals surface area (Å²) in [6.07, 6.45) is 2.12. The molecule has 0 aliphatic rings. The van der Waals surface area contributed by atoms with Crippen LogP contribution in [0, 0.1) is 6.92 Å². The lowest BCUT2D eigenvalue weighted by atomic mass is 10.1. The number of hydrogen-bond donors (Lipinski definition) is 1. The Kier molecular flexibility index (Phi) is 5.18. The molecule has 1 atom stereocenters. The number of rotatable bonds is 6. The van der Waals surface area contributed by atoms with Gasteiger partial charge in [0.2, 0.25) is 0 Å². The zero-order valence-electron chi connectivity index (χ0n) is 10.6. The maximum Gasteiger partial charge on any atom is 0.0931 e. The van der Waals surface area contributed by atoms with Crippen LogP contribution in [0.25, 0.3) is 0 Å². The predicted octanol–water partition coefficient (Wildman–Crippen LogP) is 4.45. The summed E-state index contributed by atoms with van der Waals surface area (Å²) in [5.41, 5.74) is 3.06. The van der Waals surface area contributed by atoms with Crippen LogP contribution in [0.3, 0.4) is 0 Å². The Morgan fingerprint density at radius 2 is 2.28 bits per heavy atom. The van der Waals surface area contributed by atoms with Crippen LogP contribution in [0.2, 0.25) is 4.34 Å². The Labute approximate surface area is 121 Å². The summed E-state index contributed by atoms with van der Waals surface area (Å²) in [5, 5.41) is 3.60. The van der Waals surface area contributed by atoms with Crippen molar-refractivity contribution in [2.45, 2.75) is 32.7 Å². The Bertz CT molecular complexity index is 493. The fraction of sp³-hybridized carbons (Fsp3) is 0.462. The van der Waals surface area contributed by atoms with Gasteiger partial charge < -0.3 is 5.32 Å². The molecule has 0 aliphatic heterocycles. The minimum atomic E-state index is 0.354. The van der Waals surface area contributed by atoms with Gasteiger partial charge in [0, 0.05) is 22.2 Å². The van der Waals surface area contributed by atoms with Crippen LogP contribution in [0.4, 0.5) is 0 Å². The van der Waals surface area contributed by atoms with Gasteiger partial charge in [-0.25, -0.2) is 4.98 Å². The molecule has 2 aromatic heterocycles. The minimum absolute atomic E-state index is 0.354. The van der Waals surface area contributed by atoms with Crippen molar-refractivity contribution in [3.8, 4) is 0 Å². The van der Waals surface area contributed by atoms with E-state index in [1.807, 2.05) is 11.6 Å². The number of aromatic nitrogens is 1. The van der Waals surface area contributed by atoms with Crippen molar-refractivity contribution in [2.24, 2.45) is 0 Å². The molecule has 0 aromatic carbocycles. The second-order valence-electron chi connectivity index (χ2n) is 4.22. The molecule has 0 saturated heterocycles. The van der Waals surface area contributed by atoms with Gasteiger partial charge in [-0.15, -0.1) is 22.7 Å². The summed E-state index contributed by atoms with van der Waals surface area (Å²) in [6.45, 7) is 5.29. The van der Waals surface area contributed by atoms with E-state index in [1.165, 1.54) is 9.75 Å². The Morgan fingerprint density at radius 3 is 2.83 bits per heavy atom. The molecular weight excluding hydrogens is 284 g/mol. The average molecular weight is 301 g/mol. The third-order valence-electron chi connectivity index (χ3n) is 2.77. The highest BCUT2D eigenvalue weighted by molar-refractivity contribution is 7.16. The second-order valence-corrected chi connectivity index (χ2v) is 6.90. The molecule has 2 nitrogen and oxygen atoms in total. The van der Waals surface area contributed by atoms with Crippen molar-refractivity contribution in [3.63, 3.8) is 0 Å². The van der Waals surface area contributed by atoms with Gasteiger partial charge in [0.25, 0.3) is 0 Å². The number of halogens is 1. The van der Waals surface area contributed by atoms with Crippen LogP contribution in [-0.4, -0.2) is 11.5 Å². The normalized spacial score (nSPS) is 12.8. The van der Waals surface area contributed by atoms with Crippen LogP contribution in [0.5, 0.6) is 0 Å². The standard InChI is InChI=1S/C13H17ClN2S2/c1-3-6-15-11(13-9(2)16-8-17-13)7-10-4-5-12(14)18-10/h4-5,8,11,15H,3,6-7H2,1-2H3. The molecule has 0 spiro atoms. The summed E-state index contributed by atoms with van der Waals surface area (Å²) < 4.78 is 0.861. The third-order valence-corrected chi connectivity index (χ3v) is 5.07. The SMILES string of the molecule is CCCNC(Cc1ccc(Cl)s1)c1scnc1C. The van der Waals surface area contributed by atoms with Gasteiger partial charge in [0.1, 0.15) is 0 Å². The van der Waals surface area contributed by atoms with Gasteiger partial charge in [-0.05, 0) is 32.0 Å². The molecule has 5 heteroatoms. The van der Waals surface area contributed by atoms with Gasteiger partial charge in [0.15, 0.2) is 0 Å². The lowest BCUT2D eigenvalue weighted by Crippen LogP contribution is -2.23. The molecule has 0 amide bonds. The lowest BCUT2D eigenvalue weighted by molar-refractivity contribution is 0.537. The molecular formula is C13H17ClN2S2. The number of nitrogens with one attached hydrogen (secondary N) is 1. The van der Waals surface area contributed by atoms with E-state index in [0.29, 0.717) is 6.04 Å². The molecule has 2 rings (SSSR count). The number of thiophene rings is 1. The van der Waals surface area contributed by atoms with E-state index >= 15 is 0 Å². The lowest BCUT2D eigenvalue weighted by Gasteiger charge is -2.17. The van der Waals surface area contributed by atoms with Crippen molar-refractivity contribution in [1.29, 1.82) is 0 Å². The first kappa shape index (κ1) is 14.0. The minimum Gasteiger partial charge on any atom is -0.309 e. The van der Waals surface area contributed by atoms with E-state index in [1.54, 1.807) is 22.7 Å². The van der Waals surface area contributed by atoms with Crippen molar-refractivity contribution < 1.29 is 0 Å². The molecule has 1 N–H and O–H groups in total. The fourth-order valence-corrected chi connectivity index (χ4v) is 3.90. The van der Waals surface area contributed by atoms with Gasteiger partial charge in [-0.2, -0.15) is 0 Å². The molecule has 98 valence electrons. The molecule has 1 unspecified atom stereocenters. The van der Waals surface area contributed by atoms with Crippen molar-refractivity contribution in [3.05, 3.63) is 37.4 Å². The highest BCUT2D eigenvalue weighted by atomic mass is 35.5. The molecule has 0 aliphatic carbocycles. The monoisotopic (exact) mass is 300 g/mol. The van der Waals surface area contributed by atoms with Crippen molar-refractivity contribution in [1.82, 2.24) is 10.3 Å². The summed E-state index contributed by atoms with van der Waals surface area (Å²) in [4.78, 5) is 7.01. The Balaban J connectivity index is 2.12. The fourth-order valence-electron chi connectivity index (χ4n) is 1.88. The van der Waals surface area contributed by atoms with E-state index in [2.05, 4.69) is 30.2 Å². The van der Waals surface area contributed by atoms with E-state index < -0.39 is 0 Å². The van der Waals surface area contributed by atoms with Crippen LogP contribution in [0.1, 0.15) is 34.8 Å². The van der Waals surface area contributed by atoms with Crippen molar-refractivity contribution in [2.75, 3.05) is 6.54 Å². The Morgan fingerprint density at radius 1 is 1.44 bits per heavy atom. The molecule has 0 fully saturated rings. The van der Waals surface area contributed by atoms with E-state index in [4.69, 9.17) is 11.6 Å². The summed E-state index contributed by atoms with van der Waals surface area (Å²) in [5.74, 6) is 0. The average Bonchev–Trinajstić information content (AvgIpc) is 2.93. The topological polar surface area (TPSA) is 24.9 Å². The maximum atomic E-state index is 5.99. The predicted molar refractivity (Wildman–Crippen MR) is 80.9 cm³/mol. The second kappa shape index (κ2) is 6.66. The molecule has 2 heterocycles. The molecule has 18 heavy (non-hydrogen) atoms. The maximum absolute atomic E-state index is 5.99. The first-order valence-corrected chi connectivity index (χ1v) is 8.15. The molecule has 2 aromatic rings. The zero-order chi connectivity index (χ0) is 13.0. The quantitative estimate of drug-likeness (QED) is 0.852. The first-order valence-electron chi connectivity index (χ1n) is 6.08. The van der Waals surface area contributed by atoms with E-state index in [9.17, 15) is 0 Å². The molecule has 0 bridgehead atoms. The van der Waals surface area contributed by atoms with Crippen LogP contribution in [-0.2, 0) is 6.42 Å². The number of hydrogen-bond acceptors (Lipinski definition) is 4. The van der Waals surface area contributed by atoms with Gasteiger partial charge >= 0.3 is 0 Å². The highest BCUT2D eigenvalue weighted by Crippen LogP contribution is 2.29. The summed E-state index contributed by atoms with van der Waals surface area (Å²) in [6, 6.07) is 4.44. The van der Waals surface area contributed by atoms with Gasteiger partial charge in [-0.1, -0.05) is 18.5 Å². The van der Waals surface area contributed by atoms with Crippen molar-refractivity contribution >= 4 is 34.3 Å². The van der Waals surface area contributed by atoms with E-state index in [-0.39, 0.29) is 0 Å². The first-order chi connectivity index (χ1) is 8.70. The Hall–Kier alpha value is -0.420. The number of thiazole rings is 1. The molecule has 0 saturated carbocycles. The largest absolute Gasteiger partial charge is 0.309 e. The van der Waals surface area contributed by atoms with Gasteiger partial charge in [0.05, 0.1) is 15.5 Å².